The highest BCUT2D eigenvalue weighted by Gasteiger charge is 2.42. The lowest BCUT2D eigenvalue weighted by molar-refractivity contribution is -0.136. The van der Waals surface area contributed by atoms with E-state index < -0.39 is 27.9 Å². The Morgan fingerprint density at radius 3 is 2.38 bits per heavy atom. The molecule has 0 aliphatic carbocycles. The number of imide groups is 1. The second-order valence-electron chi connectivity index (χ2n) is 8.56. The summed E-state index contributed by atoms with van der Waals surface area (Å²) in [5.74, 6) is -1.18. The number of piperidine rings is 1. The van der Waals surface area contributed by atoms with Crippen LogP contribution in [0.2, 0.25) is 0 Å². The fraction of sp³-hybridized carbons (Fsp3) is 0.348. The third-order valence-corrected chi connectivity index (χ3v) is 8.60. The minimum atomic E-state index is -3.89. The lowest BCUT2D eigenvalue weighted by Crippen LogP contribution is -2.52. The summed E-state index contributed by atoms with van der Waals surface area (Å²) in [4.78, 5) is 40.2. The van der Waals surface area contributed by atoms with Crippen LogP contribution in [0.25, 0.3) is 0 Å². The number of carbonyl (C=O) groups is 3. The van der Waals surface area contributed by atoms with Crippen LogP contribution in [-0.4, -0.2) is 72.7 Å². The number of rotatable bonds is 4. The Morgan fingerprint density at radius 1 is 0.941 bits per heavy atom. The number of anilines is 1. The zero-order chi connectivity index (χ0) is 24.0. The van der Waals surface area contributed by atoms with Gasteiger partial charge in [-0.2, -0.15) is 4.31 Å². The van der Waals surface area contributed by atoms with Gasteiger partial charge in [0.2, 0.25) is 21.8 Å². The van der Waals surface area contributed by atoms with E-state index in [-0.39, 0.29) is 54.6 Å². The lowest BCUT2D eigenvalue weighted by atomic mass is 10.0. The Morgan fingerprint density at radius 2 is 1.68 bits per heavy atom. The Labute approximate surface area is 196 Å². The molecule has 10 nitrogen and oxygen atoms in total. The molecule has 3 aliphatic heterocycles. The number of nitrogens with one attached hydrogen (secondary N) is 1. The largest absolute Gasteiger partial charge is 0.506 e. The van der Waals surface area contributed by atoms with Crippen molar-refractivity contribution >= 4 is 33.4 Å². The first-order valence-corrected chi connectivity index (χ1v) is 12.5. The zero-order valence-electron chi connectivity index (χ0n) is 18.3. The smallest absolute Gasteiger partial charge is 0.255 e. The summed E-state index contributed by atoms with van der Waals surface area (Å²) in [6.07, 6.45) is 0.337. The van der Waals surface area contributed by atoms with Gasteiger partial charge >= 0.3 is 0 Å². The number of sulfonamides is 1. The van der Waals surface area contributed by atoms with Gasteiger partial charge in [0.15, 0.2) is 0 Å². The van der Waals surface area contributed by atoms with Crippen molar-refractivity contribution in [3.05, 3.63) is 53.6 Å². The molecule has 34 heavy (non-hydrogen) atoms. The van der Waals surface area contributed by atoms with E-state index in [2.05, 4.69) is 5.32 Å². The van der Waals surface area contributed by atoms with Crippen molar-refractivity contribution in [1.82, 2.24) is 14.5 Å². The van der Waals surface area contributed by atoms with Crippen LogP contribution in [0.15, 0.2) is 47.4 Å². The molecular weight excluding hydrogens is 460 g/mol. The third-order valence-electron chi connectivity index (χ3n) is 6.62. The Bertz CT molecular complexity index is 1290. The van der Waals surface area contributed by atoms with E-state index in [9.17, 15) is 27.9 Å². The number of phenolic OH excluding ortho intramolecular Hbond substituents is 1. The van der Waals surface area contributed by atoms with E-state index in [4.69, 9.17) is 0 Å². The number of amides is 3. The molecule has 0 saturated carbocycles. The van der Waals surface area contributed by atoms with Crippen molar-refractivity contribution in [3.63, 3.8) is 0 Å². The second-order valence-corrected chi connectivity index (χ2v) is 10.5. The summed E-state index contributed by atoms with van der Waals surface area (Å²) in [5.41, 5.74) is 1.30. The van der Waals surface area contributed by atoms with Crippen molar-refractivity contribution in [3.8, 4) is 5.75 Å². The highest BCUT2D eigenvalue weighted by atomic mass is 32.2. The lowest BCUT2D eigenvalue weighted by Gasteiger charge is -2.35. The summed E-state index contributed by atoms with van der Waals surface area (Å²) in [7, 11) is -3.89. The molecule has 0 aromatic heterocycles. The van der Waals surface area contributed by atoms with Crippen molar-refractivity contribution in [2.75, 3.05) is 31.1 Å². The maximum absolute atomic E-state index is 13.6. The fourth-order valence-electron chi connectivity index (χ4n) is 4.84. The topological polar surface area (TPSA) is 127 Å². The minimum absolute atomic E-state index is 0.00625. The van der Waals surface area contributed by atoms with Gasteiger partial charge in [-0.1, -0.05) is 18.2 Å². The predicted molar refractivity (Wildman–Crippen MR) is 122 cm³/mol. The molecule has 11 heteroatoms. The maximum atomic E-state index is 13.6. The first-order chi connectivity index (χ1) is 16.3. The Balaban J connectivity index is 1.37. The molecular formula is C23H24N4O6S. The molecule has 3 amide bonds. The zero-order valence-corrected chi connectivity index (χ0v) is 19.1. The van der Waals surface area contributed by atoms with Gasteiger partial charge in [-0.25, -0.2) is 8.42 Å². The van der Waals surface area contributed by atoms with Gasteiger partial charge in [0.05, 0.1) is 10.6 Å². The number of carbonyl (C=O) groups excluding carboxylic acids is 3. The SMILES string of the molecule is O=C1CCC(N2Cc3c(cccc3S(=O)(=O)N3CCN(c4ccccc4O)CC3)C2=O)C(=O)N1. The molecule has 3 aliphatic rings. The van der Waals surface area contributed by atoms with E-state index in [0.29, 0.717) is 24.3 Å². The van der Waals surface area contributed by atoms with Crippen LogP contribution in [-0.2, 0) is 26.2 Å². The Kier molecular flexibility index (Phi) is 5.53. The van der Waals surface area contributed by atoms with Gasteiger partial charge in [-0.05, 0) is 30.7 Å². The number of hydrogen-bond acceptors (Lipinski definition) is 7. The molecule has 178 valence electrons. The number of hydrogen-bond donors (Lipinski definition) is 2. The summed E-state index contributed by atoms with van der Waals surface area (Å²) in [5, 5.41) is 12.4. The van der Waals surface area contributed by atoms with Gasteiger partial charge in [0, 0.05) is 50.3 Å². The summed E-state index contributed by atoms with van der Waals surface area (Å²) < 4.78 is 28.5. The third kappa shape index (κ3) is 3.70. The van der Waals surface area contributed by atoms with E-state index >= 15 is 0 Å². The van der Waals surface area contributed by atoms with E-state index in [1.54, 1.807) is 24.3 Å². The first-order valence-electron chi connectivity index (χ1n) is 11.1. The standard InChI is InChI=1S/C23H24N4O6S/c28-19-6-2-1-5-17(19)25-10-12-26(13-11-25)34(32,33)20-7-3-4-15-16(20)14-27(23(15)31)18-8-9-21(29)24-22(18)30/h1-7,18,28H,8-14H2,(H,24,29,30). The number of fused-ring (bicyclic) bond motifs is 1. The van der Waals surface area contributed by atoms with Crippen LogP contribution < -0.4 is 10.2 Å². The molecule has 0 bridgehead atoms. The van der Waals surface area contributed by atoms with Crippen LogP contribution in [0.1, 0.15) is 28.8 Å². The van der Waals surface area contributed by atoms with Crippen molar-refractivity contribution in [1.29, 1.82) is 0 Å². The Hall–Kier alpha value is -3.44. The molecule has 1 unspecified atom stereocenters. The average Bonchev–Trinajstić information content (AvgIpc) is 3.16. The van der Waals surface area contributed by atoms with E-state index in [1.165, 1.54) is 21.3 Å². The van der Waals surface area contributed by atoms with Crippen molar-refractivity contribution in [2.45, 2.75) is 30.3 Å². The van der Waals surface area contributed by atoms with Crippen molar-refractivity contribution in [2.24, 2.45) is 0 Å². The number of aromatic hydroxyl groups is 1. The molecule has 0 spiro atoms. The molecule has 1 atom stereocenters. The molecule has 2 aromatic carbocycles. The minimum Gasteiger partial charge on any atom is -0.506 e. The summed E-state index contributed by atoms with van der Waals surface area (Å²) in [6.45, 7) is 1.27. The number of phenols is 1. The van der Waals surface area contributed by atoms with Crippen LogP contribution in [0, 0.1) is 0 Å². The summed E-state index contributed by atoms with van der Waals surface area (Å²) >= 11 is 0. The number of para-hydroxylation sites is 2. The highest BCUT2D eigenvalue weighted by Crippen LogP contribution is 2.34. The second kappa shape index (κ2) is 8.41. The van der Waals surface area contributed by atoms with Crippen LogP contribution in [0.4, 0.5) is 5.69 Å². The van der Waals surface area contributed by atoms with Crippen LogP contribution >= 0.6 is 0 Å². The molecule has 3 heterocycles. The molecule has 2 saturated heterocycles. The highest BCUT2D eigenvalue weighted by molar-refractivity contribution is 7.89. The summed E-state index contributed by atoms with van der Waals surface area (Å²) in [6, 6.07) is 10.7. The van der Waals surface area contributed by atoms with Gasteiger partial charge in [-0.15, -0.1) is 0 Å². The maximum Gasteiger partial charge on any atom is 0.255 e. The van der Waals surface area contributed by atoms with Crippen molar-refractivity contribution < 1.29 is 27.9 Å². The molecule has 2 fully saturated rings. The number of piperazine rings is 1. The van der Waals surface area contributed by atoms with Gasteiger partial charge in [0.1, 0.15) is 11.8 Å². The average molecular weight is 485 g/mol. The molecule has 2 N–H and O–H groups in total. The molecule has 2 aromatic rings. The van der Waals surface area contributed by atoms with Crippen LogP contribution in [0.5, 0.6) is 5.75 Å². The van der Waals surface area contributed by atoms with Gasteiger partial charge < -0.3 is 14.9 Å². The number of benzene rings is 2. The monoisotopic (exact) mass is 484 g/mol. The van der Waals surface area contributed by atoms with Crippen LogP contribution in [0.3, 0.4) is 0 Å². The van der Waals surface area contributed by atoms with E-state index in [1.807, 2.05) is 11.0 Å². The quantitative estimate of drug-likeness (QED) is 0.611. The fourth-order valence-corrected chi connectivity index (χ4v) is 6.50. The van der Waals surface area contributed by atoms with Gasteiger partial charge in [-0.3, -0.25) is 19.7 Å². The van der Waals surface area contributed by atoms with E-state index in [0.717, 1.165) is 0 Å². The predicted octanol–water partition coefficient (Wildman–Crippen LogP) is 0.664. The first kappa shape index (κ1) is 22.4. The molecule has 0 radical (unpaired) electrons. The van der Waals surface area contributed by atoms with Gasteiger partial charge in [0.25, 0.3) is 5.91 Å². The molecule has 5 rings (SSSR count). The normalized spacial score (nSPS) is 21.5. The number of nitrogens with zero attached hydrogens (tertiary/aromatic N) is 3.